The standard InChI is InChI=1S/C16H18FN3O2S2/c1-19-12-5-4-11(17)8-13(12)24-16(19)18-14(21)9-23-10-15(22)20-6-2-3-7-20/h4-5,8H,2-3,6-7,9-10H2,1H3. The minimum Gasteiger partial charge on any atom is -0.342 e. The summed E-state index contributed by atoms with van der Waals surface area (Å²) >= 11 is 2.57. The first kappa shape index (κ1) is 17.2. The van der Waals surface area contributed by atoms with Crippen molar-refractivity contribution < 1.29 is 14.0 Å². The molecule has 5 nitrogen and oxygen atoms in total. The largest absolute Gasteiger partial charge is 0.342 e. The zero-order chi connectivity index (χ0) is 17.1. The highest BCUT2D eigenvalue weighted by Gasteiger charge is 2.17. The molecule has 1 saturated heterocycles. The lowest BCUT2D eigenvalue weighted by Gasteiger charge is -2.14. The smallest absolute Gasteiger partial charge is 0.258 e. The number of carbonyl (C=O) groups is 2. The van der Waals surface area contributed by atoms with E-state index < -0.39 is 0 Å². The average Bonchev–Trinajstić information content (AvgIpc) is 3.16. The van der Waals surface area contributed by atoms with E-state index in [0.29, 0.717) is 10.6 Å². The van der Waals surface area contributed by atoms with Crippen LogP contribution in [0.2, 0.25) is 0 Å². The maximum atomic E-state index is 13.3. The van der Waals surface area contributed by atoms with Crippen LogP contribution in [0.4, 0.5) is 4.39 Å². The number of carbonyl (C=O) groups excluding carboxylic acids is 2. The molecule has 1 aromatic heterocycles. The van der Waals surface area contributed by atoms with Crippen molar-refractivity contribution in [2.45, 2.75) is 12.8 Å². The number of amides is 2. The number of halogens is 1. The Morgan fingerprint density at radius 3 is 2.79 bits per heavy atom. The second kappa shape index (κ2) is 7.48. The highest BCUT2D eigenvalue weighted by atomic mass is 32.2. The van der Waals surface area contributed by atoms with Crippen LogP contribution in [0.1, 0.15) is 12.8 Å². The van der Waals surface area contributed by atoms with Crippen LogP contribution in [0.25, 0.3) is 10.2 Å². The molecular weight excluding hydrogens is 349 g/mol. The lowest BCUT2D eigenvalue weighted by atomic mass is 10.3. The van der Waals surface area contributed by atoms with E-state index in [9.17, 15) is 14.0 Å². The zero-order valence-electron chi connectivity index (χ0n) is 13.3. The molecule has 0 aliphatic carbocycles. The van der Waals surface area contributed by atoms with Gasteiger partial charge in [-0.15, -0.1) is 11.8 Å². The minimum atomic E-state index is -0.307. The van der Waals surface area contributed by atoms with Crippen molar-refractivity contribution in [2.24, 2.45) is 12.0 Å². The number of hydrogen-bond acceptors (Lipinski definition) is 4. The number of thiazole rings is 1. The molecule has 2 aromatic rings. The van der Waals surface area contributed by atoms with E-state index in [-0.39, 0.29) is 23.4 Å². The van der Waals surface area contributed by atoms with Crippen molar-refractivity contribution in [1.82, 2.24) is 9.47 Å². The van der Waals surface area contributed by atoms with Gasteiger partial charge in [0.25, 0.3) is 5.91 Å². The fourth-order valence-corrected chi connectivity index (χ4v) is 4.40. The Morgan fingerprint density at radius 2 is 2.04 bits per heavy atom. The molecule has 1 aromatic carbocycles. The third-order valence-electron chi connectivity index (χ3n) is 3.90. The lowest BCUT2D eigenvalue weighted by Crippen LogP contribution is -2.29. The van der Waals surface area contributed by atoms with Crippen molar-refractivity contribution in [1.29, 1.82) is 0 Å². The molecule has 24 heavy (non-hydrogen) atoms. The summed E-state index contributed by atoms with van der Waals surface area (Å²) in [6, 6.07) is 4.50. The summed E-state index contributed by atoms with van der Waals surface area (Å²) in [5, 5.41) is 0. The van der Waals surface area contributed by atoms with Gasteiger partial charge in [0.05, 0.1) is 21.7 Å². The minimum absolute atomic E-state index is 0.0909. The molecular formula is C16H18FN3O2S2. The topological polar surface area (TPSA) is 54.7 Å². The van der Waals surface area contributed by atoms with E-state index in [1.807, 2.05) is 4.90 Å². The van der Waals surface area contributed by atoms with Gasteiger partial charge in [-0.25, -0.2) is 4.39 Å². The van der Waals surface area contributed by atoms with Crippen LogP contribution in [0, 0.1) is 5.82 Å². The molecule has 1 fully saturated rings. The van der Waals surface area contributed by atoms with Gasteiger partial charge in [0, 0.05) is 20.1 Å². The molecule has 0 spiro atoms. The van der Waals surface area contributed by atoms with Crippen LogP contribution < -0.4 is 4.80 Å². The summed E-state index contributed by atoms with van der Waals surface area (Å²) in [6.45, 7) is 1.65. The van der Waals surface area contributed by atoms with E-state index in [1.54, 1.807) is 17.7 Å². The molecule has 1 aliphatic heterocycles. The number of thioether (sulfide) groups is 1. The summed E-state index contributed by atoms with van der Waals surface area (Å²) in [6.07, 6.45) is 2.13. The molecule has 0 atom stereocenters. The first-order chi connectivity index (χ1) is 11.5. The summed E-state index contributed by atoms with van der Waals surface area (Å²) < 4.78 is 15.8. The molecule has 0 radical (unpaired) electrons. The van der Waals surface area contributed by atoms with Crippen molar-refractivity contribution in [3.8, 4) is 0 Å². The molecule has 0 bridgehead atoms. The Morgan fingerprint density at radius 1 is 1.29 bits per heavy atom. The van der Waals surface area contributed by atoms with Crippen LogP contribution in [-0.4, -0.2) is 45.9 Å². The predicted molar refractivity (Wildman–Crippen MR) is 94.5 cm³/mol. The summed E-state index contributed by atoms with van der Waals surface area (Å²) in [4.78, 5) is 30.4. The van der Waals surface area contributed by atoms with Gasteiger partial charge in [0.2, 0.25) is 5.91 Å². The van der Waals surface area contributed by atoms with E-state index in [2.05, 4.69) is 4.99 Å². The van der Waals surface area contributed by atoms with E-state index >= 15 is 0 Å². The third-order valence-corrected chi connectivity index (χ3v) is 5.90. The number of rotatable bonds is 4. The summed E-state index contributed by atoms with van der Waals surface area (Å²) in [5.41, 5.74) is 0.838. The Kier molecular flexibility index (Phi) is 5.35. The molecule has 128 valence electrons. The molecule has 2 amide bonds. The van der Waals surface area contributed by atoms with Gasteiger partial charge in [0.15, 0.2) is 4.80 Å². The molecule has 8 heteroatoms. The summed E-state index contributed by atoms with van der Waals surface area (Å²) in [7, 11) is 1.80. The first-order valence-electron chi connectivity index (χ1n) is 7.73. The Labute approximate surface area is 147 Å². The maximum Gasteiger partial charge on any atom is 0.258 e. The van der Waals surface area contributed by atoms with Crippen molar-refractivity contribution in [2.75, 3.05) is 24.6 Å². The van der Waals surface area contributed by atoms with Gasteiger partial charge < -0.3 is 9.47 Å². The van der Waals surface area contributed by atoms with Gasteiger partial charge in [-0.05, 0) is 31.0 Å². The number of aromatic nitrogens is 1. The Balaban J connectivity index is 1.62. The molecule has 1 aliphatic rings. The molecule has 0 saturated carbocycles. The van der Waals surface area contributed by atoms with Gasteiger partial charge in [-0.1, -0.05) is 11.3 Å². The number of hydrogen-bond donors (Lipinski definition) is 0. The van der Waals surface area contributed by atoms with Gasteiger partial charge in [0.1, 0.15) is 5.82 Å². The Hall–Kier alpha value is -1.67. The number of benzene rings is 1. The number of likely N-dealkylation sites (tertiary alicyclic amines) is 1. The third kappa shape index (κ3) is 3.87. The second-order valence-electron chi connectivity index (χ2n) is 5.64. The molecule has 0 unspecified atom stereocenters. The monoisotopic (exact) mass is 367 g/mol. The van der Waals surface area contributed by atoms with E-state index in [1.165, 1.54) is 35.2 Å². The van der Waals surface area contributed by atoms with E-state index in [4.69, 9.17) is 0 Å². The van der Waals surface area contributed by atoms with Crippen molar-refractivity contribution >= 4 is 45.1 Å². The van der Waals surface area contributed by atoms with Crippen LogP contribution >= 0.6 is 23.1 Å². The SMILES string of the molecule is Cn1c(=NC(=O)CSCC(=O)N2CCCC2)sc2cc(F)ccc21. The lowest BCUT2D eigenvalue weighted by molar-refractivity contribution is -0.127. The zero-order valence-corrected chi connectivity index (χ0v) is 15.0. The fraction of sp³-hybridized carbons (Fsp3) is 0.438. The normalized spacial score (nSPS) is 15.4. The summed E-state index contributed by atoms with van der Waals surface area (Å²) in [5.74, 6) is -0.0176. The number of nitrogens with zero attached hydrogens (tertiary/aromatic N) is 3. The molecule has 2 heterocycles. The number of fused-ring (bicyclic) bond motifs is 1. The number of aryl methyl sites for hydroxylation is 1. The van der Waals surface area contributed by atoms with Crippen molar-refractivity contribution in [3.05, 3.63) is 28.8 Å². The van der Waals surface area contributed by atoms with Crippen LogP contribution in [0.5, 0.6) is 0 Å². The quantitative estimate of drug-likeness (QED) is 0.832. The van der Waals surface area contributed by atoms with Crippen LogP contribution in [0.3, 0.4) is 0 Å². The molecule has 0 N–H and O–H groups in total. The fourth-order valence-electron chi connectivity index (χ4n) is 2.64. The molecule has 3 rings (SSSR count). The highest BCUT2D eigenvalue weighted by molar-refractivity contribution is 8.00. The predicted octanol–water partition coefficient (Wildman–Crippen LogP) is 2.16. The first-order valence-corrected chi connectivity index (χ1v) is 9.70. The Bertz CT molecular complexity index is 837. The van der Waals surface area contributed by atoms with Crippen LogP contribution in [0.15, 0.2) is 23.2 Å². The van der Waals surface area contributed by atoms with Gasteiger partial charge >= 0.3 is 0 Å². The van der Waals surface area contributed by atoms with Gasteiger partial charge in [-0.2, -0.15) is 4.99 Å². The second-order valence-corrected chi connectivity index (χ2v) is 7.64. The van der Waals surface area contributed by atoms with Crippen molar-refractivity contribution in [3.63, 3.8) is 0 Å². The van der Waals surface area contributed by atoms with Gasteiger partial charge in [-0.3, -0.25) is 9.59 Å². The highest BCUT2D eigenvalue weighted by Crippen LogP contribution is 2.17. The van der Waals surface area contributed by atoms with E-state index in [0.717, 1.165) is 36.1 Å². The maximum absolute atomic E-state index is 13.3. The average molecular weight is 367 g/mol. The van der Waals surface area contributed by atoms with Crippen LogP contribution in [-0.2, 0) is 16.6 Å².